The van der Waals surface area contributed by atoms with Crippen LogP contribution in [0.5, 0.6) is 0 Å². The van der Waals surface area contributed by atoms with Gasteiger partial charge in [0, 0.05) is 25.3 Å². The van der Waals surface area contributed by atoms with Gasteiger partial charge in [-0.2, -0.15) is 0 Å². The fourth-order valence-electron chi connectivity index (χ4n) is 3.11. The average molecular weight is 218 g/mol. The van der Waals surface area contributed by atoms with Gasteiger partial charge in [-0.3, -0.25) is 0 Å². The van der Waals surface area contributed by atoms with Crippen LogP contribution in [0.3, 0.4) is 0 Å². The molecule has 1 aliphatic heterocycles. The molecule has 1 saturated heterocycles. The second-order valence-electron chi connectivity index (χ2n) is 5.03. The van der Waals surface area contributed by atoms with Gasteiger partial charge in [0.25, 0.3) is 0 Å². The summed E-state index contributed by atoms with van der Waals surface area (Å²) >= 11 is 0. The second-order valence-corrected chi connectivity index (χ2v) is 5.03. The van der Waals surface area contributed by atoms with Gasteiger partial charge >= 0.3 is 0 Å². The minimum Gasteiger partial charge on any atom is -0.356 e. The molecule has 4 heteroatoms. The van der Waals surface area contributed by atoms with E-state index in [9.17, 15) is 0 Å². The van der Waals surface area contributed by atoms with Crippen molar-refractivity contribution in [1.82, 2.24) is 9.97 Å². The molecule has 0 radical (unpaired) electrons. The monoisotopic (exact) mass is 218 g/mol. The Morgan fingerprint density at radius 3 is 3.00 bits per heavy atom. The zero-order valence-electron chi connectivity index (χ0n) is 9.63. The number of nitrogens with two attached hydrogens (primary N) is 1. The summed E-state index contributed by atoms with van der Waals surface area (Å²) in [4.78, 5) is 11.0. The molecule has 86 valence electrons. The van der Waals surface area contributed by atoms with Crippen LogP contribution in [0.25, 0.3) is 0 Å². The van der Waals surface area contributed by atoms with Crippen molar-refractivity contribution >= 4 is 5.82 Å². The first-order chi connectivity index (χ1) is 7.74. The Morgan fingerprint density at radius 2 is 2.25 bits per heavy atom. The molecule has 3 rings (SSSR count). The molecule has 1 aliphatic carbocycles. The largest absolute Gasteiger partial charge is 0.356 e. The van der Waals surface area contributed by atoms with E-state index in [1.54, 1.807) is 0 Å². The van der Waals surface area contributed by atoms with E-state index < -0.39 is 0 Å². The van der Waals surface area contributed by atoms with Crippen molar-refractivity contribution in [3.63, 3.8) is 0 Å². The smallest absolute Gasteiger partial charge is 0.132 e. The molecule has 1 saturated carbocycles. The van der Waals surface area contributed by atoms with Gasteiger partial charge in [-0.05, 0) is 37.7 Å². The Balaban J connectivity index is 1.79. The summed E-state index contributed by atoms with van der Waals surface area (Å²) in [5.41, 5.74) is 6.13. The standard InChI is InChI=1S/C12H18N4/c1-8-14-5-4-12(15-8)16-6-9-2-3-11(13)10(9)7-16/h4-5,9-11H,2-3,6-7,13H2,1H3. The number of hydrogen-bond acceptors (Lipinski definition) is 4. The summed E-state index contributed by atoms with van der Waals surface area (Å²) in [6, 6.07) is 2.40. The Kier molecular flexibility index (Phi) is 2.32. The highest BCUT2D eigenvalue weighted by atomic mass is 15.2. The first kappa shape index (κ1) is 10.0. The van der Waals surface area contributed by atoms with Gasteiger partial charge in [-0.25, -0.2) is 9.97 Å². The Hall–Kier alpha value is -1.16. The van der Waals surface area contributed by atoms with Crippen LogP contribution in [0.1, 0.15) is 18.7 Å². The predicted molar refractivity (Wildman–Crippen MR) is 63.2 cm³/mol. The molecule has 2 aliphatic rings. The van der Waals surface area contributed by atoms with Crippen LogP contribution in [0.2, 0.25) is 0 Å². The number of rotatable bonds is 1. The molecule has 3 atom stereocenters. The van der Waals surface area contributed by atoms with Crippen molar-refractivity contribution in [3.05, 3.63) is 18.1 Å². The normalized spacial score (nSPS) is 33.1. The van der Waals surface area contributed by atoms with E-state index >= 15 is 0 Å². The fraction of sp³-hybridized carbons (Fsp3) is 0.667. The van der Waals surface area contributed by atoms with Gasteiger partial charge in [0.15, 0.2) is 0 Å². The molecule has 0 amide bonds. The maximum atomic E-state index is 6.13. The topological polar surface area (TPSA) is 55.0 Å². The lowest BCUT2D eigenvalue weighted by Crippen LogP contribution is -2.30. The number of fused-ring (bicyclic) bond motifs is 1. The minimum atomic E-state index is 0.401. The van der Waals surface area contributed by atoms with Crippen LogP contribution in [-0.4, -0.2) is 29.1 Å². The van der Waals surface area contributed by atoms with Gasteiger partial charge in [-0.15, -0.1) is 0 Å². The number of hydrogen-bond donors (Lipinski definition) is 1. The fourth-order valence-corrected chi connectivity index (χ4v) is 3.11. The molecule has 3 unspecified atom stereocenters. The van der Waals surface area contributed by atoms with Crippen LogP contribution < -0.4 is 10.6 Å². The third-order valence-electron chi connectivity index (χ3n) is 4.00. The van der Waals surface area contributed by atoms with Crippen molar-refractivity contribution in [2.45, 2.75) is 25.8 Å². The summed E-state index contributed by atoms with van der Waals surface area (Å²) < 4.78 is 0. The number of aryl methyl sites for hydroxylation is 1. The third kappa shape index (κ3) is 1.57. The lowest BCUT2D eigenvalue weighted by molar-refractivity contribution is 0.453. The molecule has 0 spiro atoms. The average Bonchev–Trinajstić information content (AvgIpc) is 2.81. The van der Waals surface area contributed by atoms with Gasteiger partial charge in [-0.1, -0.05) is 0 Å². The molecular formula is C12H18N4. The van der Waals surface area contributed by atoms with Crippen molar-refractivity contribution in [3.8, 4) is 0 Å². The van der Waals surface area contributed by atoms with Gasteiger partial charge in [0.1, 0.15) is 11.6 Å². The molecule has 1 aromatic rings. The highest BCUT2D eigenvalue weighted by Gasteiger charge is 2.41. The summed E-state index contributed by atoms with van der Waals surface area (Å²) in [5, 5.41) is 0. The molecule has 0 bridgehead atoms. The quantitative estimate of drug-likeness (QED) is 0.762. The molecule has 4 nitrogen and oxygen atoms in total. The summed E-state index contributed by atoms with van der Waals surface area (Å²) in [5.74, 6) is 3.37. The molecular weight excluding hydrogens is 200 g/mol. The highest BCUT2D eigenvalue weighted by Crippen LogP contribution is 2.38. The van der Waals surface area contributed by atoms with E-state index in [-0.39, 0.29) is 0 Å². The van der Waals surface area contributed by atoms with Gasteiger partial charge < -0.3 is 10.6 Å². The molecule has 2 N–H and O–H groups in total. The Morgan fingerprint density at radius 1 is 1.38 bits per heavy atom. The molecule has 1 aromatic heterocycles. The van der Waals surface area contributed by atoms with E-state index in [2.05, 4.69) is 14.9 Å². The maximum Gasteiger partial charge on any atom is 0.132 e. The van der Waals surface area contributed by atoms with Crippen LogP contribution >= 0.6 is 0 Å². The number of aromatic nitrogens is 2. The maximum absolute atomic E-state index is 6.13. The van der Waals surface area contributed by atoms with Crippen LogP contribution in [0.15, 0.2) is 12.3 Å². The summed E-state index contributed by atoms with van der Waals surface area (Å²) in [6.07, 6.45) is 4.32. The second kappa shape index (κ2) is 3.70. The van der Waals surface area contributed by atoms with Crippen LogP contribution in [0.4, 0.5) is 5.82 Å². The minimum absolute atomic E-state index is 0.401. The molecule has 2 fully saturated rings. The SMILES string of the molecule is Cc1nccc(N2CC3CCC(N)C3C2)n1. The van der Waals surface area contributed by atoms with E-state index in [4.69, 9.17) is 5.73 Å². The molecule has 2 heterocycles. The van der Waals surface area contributed by atoms with E-state index in [1.807, 2.05) is 19.2 Å². The zero-order valence-corrected chi connectivity index (χ0v) is 9.63. The predicted octanol–water partition coefficient (Wildman–Crippen LogP) is 0.959. The van der Waals surface area contributed by atoms with E-state index in [0.29, 0.717) is 12.0 Å². The van der Waals surface area contributed by atoms with Gasteiger partial charge in [0.05, 0.1) is 0 Å². The van der Waals surface area contributed by atoms with Crippen LogP contribution in [-0.2, 0) is 0 Å². The van der Waals surface area contributed by atoms with Crippen molar-refractivity contribution < 1.29 is 0 Å². The first-order valence-corrected chi connectivity index (χ1v) is 6.04. The first-order valence-electron chi connectivity index (χ1n) is 6.04. The summed E-state index contributed by atoms with van der Waals surface area (Å²) in [6.45, 7) is 4.13. The zero-order chi connectivity index (χ0) is 11.1. The third-order valence-corrected chi connectivity index (χ3v) is 4.00. The van der Waals surface area contributed by atoms with Gasteiger partial charge in [0.2, 0.25) is 0 Å². The molecule has 0 aromatic carbocycles. The number of anilines is 1. The van der Waals surface area contributed by atoms with E-state index in [1.165, 1.54) is 12.8 Å². The number of nitrogens with zero attached hydrogens (tertiary/aromatic N) is 3. The van der Waals surface area contributed by atoms with E-state index in [0.717, 1.165) is 30.6 Å². The van der Waals surface area contributed by atoms with Crippen molar-refractivity contribution in [2.75, 3.05) is 18.0 Å². The Bertz CT molecular complexity index is 392. The lowest BCUT2D eigenvalue weighted by Gasteiger charge is -2.19. The highest BCUT2D eigenvalue weighted by molar-refractivity contribution is 5.39. The Labute approximate surface area is 95.9 Å². The lowest BCUT2D eigenvalue weighted by atomic mass is 9.98. The van der Waals surface area contributed by atoms with Crippen molar-refractivity contribution in [2.24, 2.45) is 17.6 Å². The van der Waals surface area contributed by atoms with Crippen LogP contribution in [0, 0.1) is 18.8 Å². The molecule has 16 heavy (non-hydrogen) atoms. The van der Waals surface area contributed by atoms with Crippen molar-refractivity contribution in [1.29, 1.82) is 0 Å². The summed E-state index contributed by atoms with van der Waals surface area (Å²) in [7, 11) is 0.